The van der Waals surface area contributed by atoms with Gasteiger partial charge < -0.3 is 11.1 Å². The Morgan fingerprint density at radius 2 is 2.32 bits per heavy atom. The van der Waals surface area contributed by atoms with E-state index in [2.05, 4.69) is 10.3 Å². The van der Waals surface area contributed by atoms with Crippen LogP contribution >= 0.6 is 11.3 Å². The molecule has 0 radical (unpaired) electrons. The van der Waals surface area contributed by atoms with Gasteiger partial charge in [0.15, 0.2) is 0 Å². The van der Waals surface area contributed by atoms with Crippen molar-refractivity contribution in [2.24, 2.45) is 11.7 Å². The molecule has 124 valence electrons. The first-order chi connectivity index (χ1) is 10.4. The van der Waals surface area contributed by atoms with Crippen molar-refractivity contribution in [2.75, 3.05) is 26.2 Å². The van der Waals surface area contributed by atoms with Gasteiger partial charge in [0.25, 0.3) is 0 Å². The van der Waals surface area contributed by atoms with E-state index in [1.54, 1.807) is 0 Å². The van der Waals surface area contributed by atoms with E-state index in [1.165, 1.54) is 0 Å². The number of hydrogen-bond acceptors (Lipinski definition) is 5. The lowest BCUT2D eigenvalue weighted by Gasteiger charge is -2.31. The summed E-state index contributed by atoms with van der Waals surface area (Å²) in [6.45, 7) is 2.48. The molecule has 9 heteroatoms. The van der Waals surface area contributed by atoms with Gasteiger partial charge in [-0.3, -0.25) is 9.69 Å². The lowest BCUT2D eigenvalue weighted by Crippen LogP contribution is -2.43. The summed E-state index contributed by atoms with van der Waals surface area (Å²) < 4.78 is 37.7. The Morgan fingerprint density at radius 1 is 1.55 bits per heavy atom. The van der Waals surface area contributed by atoms with Gasteiger partial charge in [-0.1, -0.05) is 0 Å². The number of likely N-dealkylation sites (tertiary alicyclic amines) is 1. The highest BCUT2D eigenvalue weighted by atomic mass is 32.1. The number of amides is 1. The fourth-order valence-electron chi connectivity index (χ4n) is 2.46. The van der Waals surface area contributed by atoms with Crippen molar-refractivity contribution in [1.29, 1.82) is 0 Å². The highest BCUT2D eigenvalue weighted by molar-refractivity contribution is 7.11. The molecule has 1 aromatic rings. The summed E-state index contributed by atoms with van der Waals surface area (Å²) in [4.78, 5) is 17.1. The van der Waals surface area contributed by atoms with Crippen molar-refractivity contribution >= 4 is 17.2 Å². The van der Waals surface area contributed by atoms with Crippen LogP contribution in [0, 0.1) is 5.92 Å². The van der Waals surface area contributed by atoms with Crippen LogP contribution in [0.1, 0.15) is 22.7 Å². The fraction of sp³-hybridized carbons (Fsp3) is 0.692. The van der Waals surface area contributed by atoms with Crippen LogP contribution < -0.4 is 11.1 Å². The Balaban J connectivity index is 1.90. The lowest BCUT2D eigenvalue weighted by molar-refractivity contribution is -0.134. The molecule has 22 heavy (non-hydrogen) atoms. The van der Waals surface area contributed by atoms with E-state index >= 15 is 0 Å². The second-order valence-electron chi connectivity index (χ2n) is 5.27. The van der Waals surface area contributed by atoms with Crippen LogP contribution in [0.2, 0.25) is 0 Å². The quantitative estimate of drug-likeness (QED) is 0.854. The summed E-state index contributed by atoms with van der Waals surface area (Å²) in [6.07, 6.45) is -1.84. The zero-order chi connectivity index (χ0) is 16.2. The normalized spacial score (nSPS) is 20.1. The maximum absolute atomic E-state index is 12.6. The number of alkyl halides is 3. The molecule has 1 aliphatic heterocycles. The zero-order valence-electron chi connectivity index (χ0n) is 12.0. The maximum Gasteiger partial charge on any atom is 0.427 e. The molecule has 0 spiro atoms. The minimum Gasteiger partial charge on any atom is -0.355 e. The molecule has 5 nitrogen and oxygen atoms in total. The minimum atomic E-state index is -4.34. The number of nitrogens with two attached hydrogens (primary N) is 1. The summed E-state index contributed by atoms with van der Waals surface area (Å²) in [5, 5.41) is 3.18. The van der Waals surface area contributed by atoms with Gasteiger partial charge in [-0.25, -0.2) is 4.98 Å². The summed E-state index contributed by atoms with van der Waals surface area (Å²) in [6, 6.07) is 0. The average molecular weight is 336 g/mol. The highest BCUT2D eigenvalue weighted by Gasteiger charge is 2.33. The van der Waals surface area contributed by atoms with Crippen LogP contribution in [-0.4, -0.2) is 42.0 Å². The number of halogens is 3. The third kappa shape index (κ3) is 4.65. The van der Waals surface area contributed by atoms with Gasteiger partial charge in [0.2, 0.25) is 5.91 Å². The van der Waals surface area contributed by atoms with Crippen LogP contribution in [0.15, 0.2) is 6.20 Å². The van der Waals surface area contributed by atoms with E-state index in [4.69, 9.17) is 5.73 Å². The Bertz CT molecular complexity index is 506. The van der Waals surface area contributed by atoms with Crippen molar-refractivity contribution in [3.63, 3.8) is 0 Å². The molecule has 1 aromatic heterocycles. The number of piperidine rings is 1. The first-order valence-corrected chi connectivity index (χ1v) is 7.94. The SMILES string of the molecule is NCCNC(=O)C1CCCN(Cc2ncc(C(F)(F)F)s2)C1. The van der Waals surface area contributed by atoms with Gasteiger partial charge in [-0.15, -0.1) is 11.3 Å². The predicted molar refractivity (Wildman–Crippen MR) is 77.2 cm³/mol. The highest BCUT2D eigenvalue weighted by Crippen LogP contribution is 2.33. The van der Waals surface area contributed by atoms with Crippen LogP contribution in [-0.2, 0) is 17.5 Å². The molecular formula is C13H19F3N4OS. The number of rotatable bonds is 5. The van der Waals surface area contributed by atoms with Crippen LogP contribution in [0.4, 0.5) is 13.2 Å². The van der Waals surface area contributed by atoms with Gasteiger partial charge in [0.1, 0.15) is 9.88 Å². The fourth-order valence-corrected chi connectivity index (χ4v) is 3.29. The van der Waals surface area contributed by atoms with Gasteiger partial charge in [0, 0.05) is 19.6 Å². The van der Waals surface area contributed by atoms with E-state index in [0.29, 0.717) is 42.5 Å². The molecule has 2 heterocycles. The summed E-state index contributed by atoms with van der Waals surface area (Å²) in [5.74, 6) is -0.174. The summed E-state index contributed by atoms with van der Waals surface area (Å²) in [5.41, 5.74) is 5.35. The first-order valence-electron chi connectivity index (χ1n) is 7.12. The lowest BCUT2D eigenvalue weighted by atomic mass is 9.97. The monoisotopic (exact) mass is 336 g/mol. The standard InChI is InChI=1S/C13H19F3N4OS/c14-13(15,16)10-6-19-11(22-10)8-20-5-1-2-9(7-20)12(21)18-4-3-17/h6,9H,1-5,7-8,17H2,(H,18,21). The van der Waals surface area contributed by atoms with Crippen LogP contribution in [0.25, 0.3) is 0 Å². The molecule has 1 atom stereocenters. The molecule has 0 aromatic carbocycles. The molecule has 1 unspecified atom stereocenters. The smallest absolute Gasteiger partial charge is 0.355 e. The number of nitrogens with zero attached hydrogens (tertiary/aromatic N) is 2. The van der Waals surface area contributed by atoms with Crippen molar-refractivity contribution in [3.8, 4) is 0 Å². The summed E-state index contributed by atoms with van der Waals surface area (Å²) >= 11 is 0.662. The van der Waals surface area contributed by atoms with Crippen molar-refractivity contribution in [1.82, 2.24) is 15.2 Å². The Labute approximate surface area is 130 Å². The molecule has 0 aliphatic carbocycles. The molecule has 0 bridgehead atoms. The number of hydrogen-bond donors (Lipinski definition) is 2. The number of thiazole rings is 1. The third-order valence-electron chi connectivity index (χ3n) is 3.51. The van der Waals surface area contributed by atoms with Crippen LogP contribution in [0.5, 0.6) is 0 Å². The molecule has 3 N–H and O–H groups in total. The van der Waals surface area contributed by atoms with E-state index in [9.17, 15) is 18.0 Å². The Kier molecular flexibility index (Phi) is 5.76. The summed E-state index contributed by atoms with van der Waals surface area (Å²) in [7, 11) is 0. The third-order valence-corrected chi connectivity index (χ3v) is 4.54. The van der Waals surface area contributed by atoms with E-state index in [1.807, 2.05) is 4.90 Å². The van der Waals surface area contributed by atoms with Gasteiger partial charge >= 0.3 is 6.18 Å². The van der Waals surface area contributed by atoms with Gasteiger partial charge in [0.05, 0.1) is 18.7 Å². The van der Waals surface area contributed by atoms with Crippen molar-refractivity contribution in [3.05, 3.63) is 16.1 Å². The van der Waals surface area contributed by atoms with E-state index in [0.717, 1.165) is 25.6 Å². The predicted octanol–water partition coefficient (Wildman–Crippen LogP) is 1.45. The van der Waals surface area contributed by atoms with Crippen molar-refractivity contribution in [2.45, 2.75) is 25.6 Å². The molecule has 1 aliphatic rings. The molecular weight excluding hydrogens is 317 g/mol. The molecule has 1 fully saturated rings. The number of carbonyl (C=O) groups excluding carboxylic acids is 1. The molecule has 0 saturated carbocycles. The molecule has 1 saturated heterocycles. The minimum absolute atomic E-state index is 0.0368. The van der Waals surface area contributed by atoms with E-state index < -0.39 is 11.1 Å². The number of carbonyl (C=O) groups is 1. The topological polar surface area (TPSA) is 71.2 Å². The molecule has 1 amide bonds. The number of aromatic nitrogens is 1. The Morgan fingerprint density at radius 3 is 2.95 bits per heavy atom. The van der Waals surface area contributed by atoms with Gasteiger partial charge in [-0.05, 0) is 19.4 Å². The first kappa shape index (κ1) is 17.2. The largest absolute Gasteiger partial charge is 0.427 e. The van der Waals surface area contributed by atoms with E-state index in [-0.39, 0.29) is 11.8 Å². The van der Waals surface area contributed by atoms with Crippen LogP contribution in [0.3, 0.4) is 0 Å². The van der Waals surface area contributed by atoms with Gasteiger partial charge in [-0.2, -0.15) is 13.2 Å². The second-order valence-corrected chi connectivity index (χ2v) is 6.39. The Hall–Kier alpha value is -1.19. The molecule has 2 rings (SSSR count). The average Bonchev–Trinajstić information content (AvgIpc) is 2.93. The van der Waals surface area contributed by atoms with Crippen molar-refractivity contribution < 1.29 is 18.0 Å². The zero-order valence-corrected chi connectivity index (χ0v) is 12.8. The number of nitrogens with one attached hydrogen (secondary N) is 1. The second kappa shape index (κ2) is 7.38. The maximum atomic E-state index is 12.6.